The average molecular weight is 466 g/mol. The Bertz CT molecular complexity index is 682. The molecule has 0 radical (unpaired) electrons. The van der Waals surface area contributed by atoms with Crippen molar-refractivity contribution in [3.05, 3.63) is 12.7 Å². The van der Waals surface area contributed by atoms with Crippen molar-refractivity contribution in [2.75, 3.05) is 31.1 Å². The fraction of sp³-hybridized carbons (Fsp3) is 0.889. The molecule has 0 aromatic rings. The minimum Gasteiger partial charge on any atom is -0.460 e. The zero-order valence-electron chi connectivity index (χ0n) is 21.4. The molecule has 8 atom stereocenters. The van der Waals surface area contributed by atoms with Crippen LogP contribution in [-0.4, -0.2) is 59.3 Å². The van der Waals surface area contributed by atoms with Crippen LogP contribution >= 0.6 is 11.8 Å². The lowest BCUT2D eigenvalue weighted by atomic mass is 9.49. The summed E-state index contributed by atoms with van der Waals surface area (Å²) in [7, 11) is 0. The summed E-state index contributed by atoms with van der Waals surface area (Å²) in [5.74, 6) is 2.27. The molecule has 3 saturated carbocycles. The summed E-state index contributed by atoms with van der Waals surface area (Å²) < 4.78 is 6.42. The van der Waals surface area contributed by atoms with Crippen LogP contribution in [-0.2, 0) is 9.53 Å². The van der Waals surface area contributed by atoms with Gasteiger partial charge in [-0.25, -0.2) is 0 Å². The van der Waals surface area contributed by atoms with Crippen LogP contribution in [0.4, 0.5) is 0 Å². The number of hydrogen-bond acceptors (Lipinski definition) is 5. The second-order valence-electron chi connectivity index (χ2n) is 11.2. The Hall–Kier alpha value is -0.520. The standard InChI is InChI=1S/C27H47NO3S/c1-8-25(6)23(30)20(5)27-14-11-12-21(27)26(7,19(4)13-15-27)24(25)31-22(29)18-32-17-16-28(9-2)10-3/h8,19-21,23-24,30H,1,9-18H2,2-7H3/t19?,20-,21-,23-,24+,25-,26+,27+/m0/s1. The summed E-state index contributed by atoms with van der Waals surface area (Å²) in [5, 5.41) is 11.7. The van der Waals surface area contributed by atoms with Gasteiger partial charge in [0.25, 0.3) is 0 Å². The summed E-state index contributed by atoms with van der Waals surface area (Å²) in [6, 6.07) is 0. The Kier molecular flexibility index (Phi) is 8.15. The molecule has 0 saturated heterocycles. The maximum Gasteiger partial charge on any atom is 0.316 e. The first kappa shape index (κ1) is 26.1. The molecule has 1 N–H and O–H groups in total. The molecule has 0 heterocycles. The lowest BCUT2D eigenvalue weighted by molar-refractivity contribution is -0.183. The summed E-state index contributed by atoms with van der Waals surface area (Å²) in [6.45, 7) is 20.6. The van der Waals surface area contributed by atoms with Gasteiger partial charge in [-0.2, -0.15) is 0 Å². The zero-order chi connectivity index (χ0) is 23.7. The van der Waals surface area contributed by atoms with Crippen LogP contribution in [0.15, 0.2) is 12.7 Å². The molecule has 0 aromatic heterocycles. The van der Waals surface area contributed by atoms with E-state index in [1.54, 1.807) is 11.8 Å². The summed E-state index contributed by atoms with van der Waals surface area (Å²) >= 11 is 1.66. The van der Waals surface area contributed by atoms with E-state index in [1.807, 2.05) is 6.08 Å². The van der Waals surface area contributed by atoms with Gasteiger partial charge in [0.05, 0.1) is 11.9 Å². The van der Waals surface area contributed by atoms with Crippen molar-refractivity contribution in [3.8, 4) is 0 Å². The van der Waals surface area contributed by atoms with Crippen LogP contribution in [0.1, 0.15) is 73.6 Å². The number of rotatable bonds is 9. The molecular formula is C27H47NO3S. The predicted octanol–water partition coefficient (Wildman–Crippen LogP) is 5.40. The zero-order valence-corrected chi connectivity index (χ0v) is 22.2. The highest BCUT2D eigenvalue weighted by Crippen LogP contribution is 2.70. The number of esters is 1. The Morgan fingerprint density at radius 3 is 2.53 bits per heavy atom. The quantitative estimate of drug-likeness (QED) is 0.281. The molecule has 184 valence electrons. The Morgan fingerprint density at radius 1 is 1.22 bits per heavy atom. The van der Waals surface area contributed by atoms with Gasteiger partial charge in [0.1, 0.15) is 6.10 Å². The first-order valence-electron chi connectivity index (χ1n) is 12.9. The molecule has 0 aromatic carbocycles. The van der Waals surface area contributed by atoms with E-state index in [0.717, 1.165) is 31.8 Å². The molecule has 3 fully saturated rings. The van der Waals surface area contributed by atoms with E-state index < -0.39 is 11.5 Å². The number of aliphatic hydroxyl groups is 1. The largest absolute Gasteiger partial charge is 0.460 e. The van der Waals surface area contributed by atoms with Crippen LogP contribution < -0.4 is 0 Å². The van der Waals surface area contributed by atoms with Crippen molar-refractivity contribution >= 4 is 17.7 Å². The number of nitrogens with zero attached hydrogens (tertiary/aromatic N) is 1. The average Bonchev–Trinajstić information content (AvgIpc) is 3.24. The molecule has 1 unspecified atom stereocenters. The van der Waals surface area contributed by atoms with Crippen LogP contribution in [0, 0.1) is 34.0 Å². The molecule has 3 aliphatic carbocycles. The normalized spacial score (nSPS) is 43.6. The second-order valence-corrected chi connectivity index (χ2v) is 12.3. The first-order valence-corrected chi connectivity index (χ1v) is 14.1. The van der Waals surface area contributed by atoms with Crippen molar-refractivity contribution in [3.63, 3.8) is 0 Å². The van der Waals surface area contributed by atoms with Gasteiger partial charge >= 0.3 is 5.97 Å². The summed E-state index contributed by atoms with van der Waals surface area (Å²) in [6.07, 6.45) is 6.90. The van der Waals surface area contributed by atoms with Crippen molar-refractivity contribution < 1.29 is 14.6 Å². The van der Waals surface area contributed by atoms with Gasteiger partial charge in [0, 0.05) is 23.1 Å². The third-order valence-electron chi connectivity index (χ3n) is 10.2. The van der Waals surface area contributed by atoms with E-state index in [-0.39, 0.29) is 28.8 Å². The van der Waals surface area contributed by atoms with Gasteiger partial charge in [-0.15, -0.1) is 18.3 Å². The molecule has 3 rings (SSSR count). The number of ether oxygens (including phenoxy) is 1. The molecule has 3 aliphatic rings. The van der Waals surface area contributed by atoms with Crippen molar-refractivity contribution in [1.29, 1.82) is 0 Å². The smallest absolute Gasteiger partial charge is 0.316 e. The number of aliphatic hydroxyl groups excluding tert-OH is 1. The van der Waals surface area contributed by atoms with Crippen molar-refractivity contribution in [2.45, 2.75) is 85.9 Å². The Morgan fingerprint density at radius 2 is 1.91 bits per heavy atom. The molecule has 0 spiro atoms. The van der Waals surface area contributed by atoms with E-state index in [4.69, 9.17) is 4.74 Å². The fourth-order valence-corrected chi connectivity index (χ4v) is 8.66. The van der Waals surface area contributed by atoms with Crippen LogP contribution in [0.2, 0.25) is 0 Å². The maximum atomic E-state index is 13.1. The van der Waals surface area contributed by atoms with Gasteiger partial charge in [0.2, 0.25) is 0 Å². The molecular weight excluding hydrogens is 418 g/mol. The highest BCUT2D eigenvalue weighted by atomic mass is 32.2. The number of carbonyl (C=O) groups is 1. The molecule has 2 bridgehead atoms. The van der Waals surface area contributed by atoms with Crippen LogP contribution in [0.3, 0.4) is 0 Å². The number of thioether (sulfide) groups is 1. The highest BCUT2D eigenvalue weighted by Gasteiger charge is 2.69. The fourth-order valence-electron chi connectivity index (χ4n) is 7.89. The minimum absolute atomic E-state index is 0.142. The molecule has 4 nitrogen and oxygen atoms in total. The van der Waals surface area contributed by atoms with E-state index in [2.05, 4.69) is 53.0 Å². The van der Waals surface area contributed by atoms with E-state index in [9.17, 15) is 9.90 Å². The van der Waals surface area contributed by atoms with Crippen LogP contribution in [0.5, 0.6) is 0 Å². The first-order chi connectivity index (χ1) is 15.1. The van der Waals surface area contributed by atoms with Gasteiger partial charge in [-0.3, -0.25) is 4.79 Å². The van der Waals surface area contributed by atoms with Gasteiger partial charge in [0.15, 0.2) is 0 Å². The SMILES string of the molecule is C=C[C@]1(C)[C@@H](OC(=O)CSCCN(CC)CC)[C@]2(C)C(C)CC[C@]3(CCC[C@H]32)[C@@H](C)[C@@H]1O. The van der Waals surface area contributed by atoms with Gasteiger partial charge < -0.3 is 14.7 Å². The Labute approximate surface area is 200 Å². The summed E-state index contributed by atoms with van der Waals surface area (Å²) in [5.41, 5.74) is -0.638. The van der Waals surface area contributed by atoms with Crippen molar-refractivity contribution in [1.82, 2.24) is 4.90 Å². The van der Waals surface area contributed by atoms with E-state index in [0.29, 0.717) is 17.6 Å². The predicted molar refractivity (Wildman–Crippen MR) is 135 cm³/mol. The topological polar surface area (TPSA) is 49.8 Å². The molecule has 5 heteroatoms. The highest BCUT2D eigenvalue weighted by molar-refractivity contribution is 7.99. The number of carbonyl (C=O) groups excluding carboxylic acids is 1. The summed E-state index contributed by atoms with van der Waals surface area (Å²) in [4.78, 5) is 15.5. The lowest BCUT2D eigenvalue weighted by Crippen LogP contribution is -2.57. The minimum atomic E-state index is -0.647. The number of hydrogen-bond donors (Lipinski definition) is 1. The monoisotopic (exact) mass is 465 g/mol. The lowest BCUT2D eigenvalue weighted by Gasteiger charge is -2.57. The second kappa shape index (κ2) is 10.00. The Balaban J connectivity index is 1.85. The molecule has 0 amide bonds. The van der Waals surface area contributed by atoms with E-state index in [1.165, 1.54) is 25.7 Å². The molecule has 0 aliphatic heterocycles. The third-order valence-corrected chi connectivity index (χ3v) is 11.1. The van der Waals surface area contributed by atoms with Gasteiger partial charge in [-0.1, -0.05) is 54.0 Å². The maximum absolute atomic E-state index is 13.1. The van der Waals surface area contributed by atoms with Crippen molar-refractivity contribution in [2.24, 2.45) is 34.0 Å². The van der Waals surface area contributed by atoms with Gasteiger partial charge in [-0.05, 0) is 61.9 Å². The van der Waals surface area contributed by atoms with E-state index >= 15 is 0 Å². The van der Waals surface area contributed by atoms with Crippen LogP contribution in [0.25, 0.3) is 0 Å². The molecule has 32 heavy (non-hydrogen) atoms. The third kappa shape index (κ3) is 4.09.